The molecule has 13 heteroatoms. The van der Waals surface area contributed by atoms with Gasteiger partial charge in [-0.1, -0.05) is 6.92 Å². The zero-order chi connectivity index (χ0) is 31.5. The van der Waals surface area contributed by atoms with Crippen molar-refractivity contribution in [1.29, 1.82) is 0 Å². The predicted octanol–water partition coefficient (Wildman–Crippen LogP) is 5.81. The fraction of sp³-hybridized carbons (Fsp3) is 0.281. The van der Waals surface area contributed by atoms with Crippen molar-refractivity contribution in [2.75, 3.05) is 37.9 Å². The van der Waals surface area contributed by atoms with Gasteiger partial charge in [-0.25, -0.2) is 23.9 Å². The molecule has 45 heavy (non-hydrogen) atoms. The van der Waals surface area contributed by atoms with E-state index in [0.717, 1.165) is 31.5 Å². The Morgan fingerprint density at radius 1 is 1.04 bits per heavy atom. The smallest absolute Gasteiger partial charge is 0.284 e. The number of likely N-dealkylation sites (N-methyl/N-ethyl adjacent to an activating group) is 1. The van der Waals surface area contributed by atoms with Crippen molar-refractivity contribution in [3.63, 3.8) is 0 Å². The molecule has 2 aromatic carbocycles. The molecule has 2 N–H and O–H groups in total. The van der Waals surface area contributed by atoms with E-state index in [1.807, 2.05) is 19.9 Å². The second kappa shape index (κ2) is 12.7. The third kappa shape index (κ3) is 6.20. The topological polar surface area (TPSA) is 128 Å². The number of hydrogen-bond acceptors (Lipinski definition) is 10. The Morgan fingerprint density at radius 2 is 1.87 bits per heavy atom. The van der Waals surface area contributed by atoms with Crippen molar-refractivity contribution >= 4 is 39.6 Å². The average molecular weight is 613 g/mol. The molecule has 1 amide bonds. The van der Waals surface area contributed by atoms with Crippen molar-refractivity contribution in [2.24, 2.45) is 0 Å². The SMILES string of the molecule is CCN1CCC[C@@H]1/C=C(/F)C(=O)Nc1cc2c(Nc3cc(C)c(Oc4ccn5ncnc5c4)cc3OC)ncnc2cc1OC. The van der Waals surface area contributed by atoms with E-state index in [2.05, 4.69) is 35.6 Å². The molecular weight excluding hydrogens is 579 g/mol. The molecule has 1 aliphatic rings. The summed E-state index contributed by atoms with van der Waals surface area (Å²) in [6.45, 7) is 5.63. The standard InChI is InChI=1S/C32H33FN8O4/c1-5-40-9-6-7-20(40)12-23(33)32(42)39-26-14-22-24(15-28(26)43-3)34-17-36-31(22)38-25-11-19(2)27(16-29(25)44-4)45-21-8-10-41-30(13-21)35-18-37-41/h8,10-18,20H,5-7,9H2,1-4H3,(H,39,42)(H,34,36,38)/b23-12+/t20-/m1/s1. The van der Waals surface area contributed by atoms with E-state index < -0.39 is 11.7 Å². The van der Waals surface area contributed by atoms with Gasteiger partial charge in [-0.2, -0.15) is 5.10 Å². The van der Waals surface area contributed by atoms with Gasteiger partial charge in [-0.15, -0.1) is 0 Å². The quantitative estimate of drug-likeness (QED) is 0.187. The first-order valence-electron chi connectivity index (χ1n) is 14.5. The van der Waals surface area contributed by atoms with Crippen LogP contribution in [0.15, 0.2) is 67.2 Å². The van der Waals surface area contributed by atoms with Crippen LogP contribution in [0.5, 0.6) is 23.0 Å². The number of nitrogens with one attached hydrogen (secondary N) is 2. The van der Waals surface area contributed by atoms with Crippen molar-refractivity contribution in [2.45, 2.75) is 32.7 Å². The highest BCUT2D eigenvalue weighted by molar-refractivity contribution is 6.05. The van der Waals surface area contributed by atoms with E-state index in [1.54, 1.807) is 48.2 Å². The van der Waals surface area contributed by atoms with E-state index in [-0.39, 0.29) is 11.7 Å². The van der Waals surface area contributed by atoms with E-state index >= 15 is 4.39 Å². The summed E-state index contributed by atoms with van der Waals surface area (Å²) in [5, 5.41) is 10.7. The van der Waals surface area contributed by atoms with Gasteiger partial charge < -0.3 is 24.8 Å². The largest absolute Gasteiger partial charge is 0.494 e. The van der Waals surface area contributed by atoms with Gasteiger partial charge in [-0.3, -0.25) is 9.69 Å². The molecule has 232 valence electrons. The Hall–Kier alpha value is -5.30. The van der Waals surface area contributed by atoms with Gasteiger partial charge in [0, 0.05) is 35.8 Å². The van der Waals surface area contributed by atoms with Crippen LogP contribution in [0.3, 0.4) is 0 Å². The Labute approximate surface area is 258 Å². The minimum atomic E-state index is -0.849. The predicted molar refractivity (Wildman–Crippen MR) is 168 cm³/mol. The number of amides is 1. The van der Waals surface area contributed by atoms with Gasteiger partial charge in [0.05, 0.1) is 31.1 Å². The summed E-state index contributed by atoms with van der Waals surface area (Å²) in [5.74, 6) is 0.799. The number of nitrogens with zero attached hydrogens (tertiary/aromatic N) is 6. The number of halogens is 1. The number of methoxy groups -OCH3 is 2. The first kappa shape index (κ1) is 29.8. The number of benzene rings is 2. The van der Waals surface area contributed by atoms with Gasteiger partial charge in [0.2, 0.25) is 0 Å². The summed E-state index contributed by atoms with van der Waals surface area (Å²) in [7, 11) is 3.04. The Bertz CT molecular complexity index is 1910. The van der Waals surface area contributed by atoms with Crippen LogP contribution in [-0.2, 0) is 4.79 Å². The van der Waals surface area contributed by atoms with E-state index in [0.29, 0.717) is 51.1 Å². The molecule has 0 saturated carbocycles. The lowest BCUT2D eigenvalue weighted by molar-refractivity contribution is -0.114. The number of rotatable bonds is 10. The average Bonchev–Trinajstić information content (AvgIpc) is 3.71. The molecule has 0 unspecified atom stereocenters. The molecule has 0 radical (unpaired) electrons. The maximum absolute atomic E-state index is 15.0. The third-order valence-electron chi connectivity index (χ3n) is 7.81. The van der Waals surface area contributed by atoms with Gasteiger partial charge in [-0.05, 0) is 62.7 Å². The summed E-state index contributed by atoms with van der Waals surface area (Å²) in [6, 6.07) is 10.5. The maximum Gasteiger partial charge on any atom is 0.284 e. The lowest BCUT2D eigenvalue weighted by atomic mass is 10.1. The van der Waals surface area contributed by atoms with Crippen LogP contribution >= 0.6 is 0 Å². The number of fused-ring (bicyclic) bond motifs is 2. The van der Waals surface area contributed by atoms with Crippen LogP contribution in [0, 0.1) is 6.92 Å². The van der Waals surface area contributed by atoms with Crippen LogP contribution in [0.1, 0.15) is 25.3 Å². The summed E-state index contributed by atoms with van der Waals surface area (Å²) in [5.41, 5.74) is 2.96. The number of likely N-dealkylation sites (tertiary alicyclic amines) is 1. The van der Waals surface area contributed by atoms with Gasteiger partial charge >= 0.3 is 0 Å². The van der Waals surface area contributed by atoms with Crippen LogP contribution < -0.4 is 24.8 Å². The monoisotopic (exact) mass is 612 g/mol. The highest BCUT2D eigenvalue weighted by atomic mass is 19.1. The minimum absolute atomic E-state index is 0.101. The molecular formula is C32H33FN8O4. The van der Waals surface area contributed by atoms with Crippen molar-refractivity contribution in [1.82, 2.24) is 29.5 Å². The minimum Gasteiger partial charge on any atom is -0.494 e. The number of pyridine rings is 1. The highest BCUT2D eigenvalue weighted by Crippen LogP contribution is 2.39. The fourth-order valence-corrected chi connectivity index (χ4v) is 5.47. The van der Waals surface area contributed by atoms with Crippen molar-refractivity contribution in [3.05, 3.63) is 72.7 Å². The van der Waals surface area contributed by atoms with E-state index in [4.69, 9.17) is 14.2 Å². The molecule has 5 aromatic rings. The maximum atomic E-state index is 15.0. The summed E-state index contributed by atoms with van der Waals surface area (Å²) in [4.78, 5) is 28.1. The van der Waals surface area contributed by atoms with Crippen LogP contribution in [0.25, 0.3) is 16.6 Å². The zero-order valence-electron chi connectivity index (χ0n) is 25.4. The Kier molecular flexibility index (Phi) is 8.43. The Balaban J connectivity index is 1.28. The molecule has 1 atom stereocenters. The first-order chi connectivity index (χ1) is 21.9. The highest BCUT2D eigenvalue weighted by Gasteiger charge is 2.24. The molecule has 1 fully saturated rings. The van der Waals surface area contributed by atoms with Crippen LogP contribution in [0.4, 0.5) is 21.6 Å². The third-order valence-corrected chi connectivity index (χ3v) is 7.81. The second-order valence-corrected chi connectivity index (χ2v) is 10.6. The van der Waals surface area contributed by atoms with E-state index in [1.165, 1.54) is 25.8 Å². The number of aryl methyl sites for hydroxylation is 1. The van der Waals surface area contributed by atoms with Gasteiger partial charge in [0.25, 0.3) is 5.91 Å². The number of anilines is 3. The summed E-state index contributed by atoms with van der Waals surface area (Å²) in [6.07, 6.45) is 7.84. The van der Waals surface area contributed by atoms with Crippen molar-refractivity contribution in [3.8, 4) is 23.0 Å². The lowest BCUT2D eigenvalue weighted by Gasteiger charge is -2.19. The number of aromatic nitrogens is 5. The number of ether oxygens (including phenoxy) is 3. The zero-order valence-corrected chi connectivity index (χ0v) is 25.4. The first-order valence-corrected chi connectivity index (χ1v) is 14.5. The molecule has 3 aromatic heterocycles. The molecule has 0 aliphatic carbocycles. The van der Waals surface area contributed by atoms with Crippen LogP contribution in [0.2, 0.25) is 0 Å². The normalized spacial score (nSPS) is 15.4. The number of carbonyl (C=O) groups is 1. The number of hydrogen-bond donors (Lipinski definition) is 2. The molecule has 12 nitrogen and oxygen atoms in total. The Morgan fingerprint density at radius 3 is 2.67 bits per heavy atom. The van der Waals surface area contributed by atoms with E-state index in [9.17, 15) is 4.79 Å². The fourth-order valence-electron chi connectivity index (χ4n) is 5.47. The molecule has 1 saturated heterocycles. The molecule has 6 rings (SSSR count). The summed E-state index contributed by atoms with van der Waals surface area (Å²) >= 11 is 0. The molecule has 4 heterocycles. The molecule has 0 spiro atoms. The van der Waals surface area contributed by atoms with Crippen LogP contribution in [-0.4, -0.2) is 68.7 Å². The lowest BCUT2D eigenvalue weighted by Crippen LogP contribution is -2.28. The van der Waals surface area contributed by atoms with Crippen molar-refractivity contribution < 1.29 is 23.4 Å². The number of carbonyl (C=O) groups excluding carboxylic acids is 1. The second-order valence-electron chi connectivity index (χ2n) is 10.6. The summed E-state index contributed by atoms with van der Waals surface area (Å²) < 4.78 is 34.0. The molecule has 1 aliphatic heterocycles. The van der Waals surface area contributed by atoms with Gasteiger partial charge in [0.15, 0.2) is 11.5 Å². The molecule has 0 bridgehead atoms. The van der Waals surface area contributed by atoms with Gasteiger partial charge in [0.1, 0.15) is 41.5 Å².